The maximum absolute atomic E-state index is 5.74. The van der Waals surface area contributed by atoms with Crippen molar-refractivity contribution in [1.29, 1.82) is 0 Å². The summed E-state index contributed by atoms with van der Waals surface area (Å²) in [5, 5.41) is 3.93. The van der Waals surface area contributed by atoms with Crippen LogP contribution in [0.5, 0.6) is 0 Å². The molecule has 4 heteroatoms. The molecule has 3 nitrogen and oxygen atoms in total. The van der Waals surface area contributed by atoms with Gasteiger partial charge < -0.3 is 5.32 Å². The third kappa shape index (κ3) is 2.91. The summed E-state index contributed by atoms with van der Waals surface area (Å²) in [5.41, 5.74) is 1.22. The number of aromatic nitrogens is 1. The van der Waals surface area contributed by atoms with Gasteiger partial charge in [-0.1, -0.05) is 17.7 Å². The Morgan fingerprint density at radius 1 is 1.60 bits per heavy atom. The van der Waals surface area contributed by atoms with Crippen molar-refractivity contribution in [3.05, 3.63) is 29.0 Å². The van der Waals surface area contributed by atoms with Gasteiger partial charge in [-0.3, -0.25) is 4.90 Å². The van der Waals surface area contributed by atoms with E-state index in [-0.39, 0.29) is 0 Å². The Balaban J connectivity index is 1.92. The lowest BCUT2D eigenvalue weighted by Gasteiger charge is -2.23. The van der Waals surface area contributed by atoms with E-state index in [9.17, 15) is 0 Å². The fourth-order valence-electron chi connectivity index (χ4n) is 1.93. The summed E-state index contributed by atoms with van der Waals surface area (Å²) in [7, 11) is 2.16. The summed E-state index contributed by atoms with van der Waals surface area (Å²) in [6, 6.07) is 4.53. The quantitative estimate of drug-likeness (QED) is 0.791. The minimum Gasteiger partial charge on any atom is -0.315 e. The van der Waals surface area contributed by atoms with Gasteiger partial charge in [0.05, 0.1) is 0 Å². The summed E-state index contributed by atoms with van der Waals surface area (Å²) in [4.78, 5) is 6.45. The molecule has 0 spiro atoms. The predicted octanol–water partition coefficient (Wildman–Crippen LogP) is 1.53. The number of halogens is 1. The number of rotatable bonds is 3. The first-order valence-corrected chi connectivity index (χ1v) is 5.65. The van der Waals surface area contributed by atoms with E-state index in [1.165, 1.54) is 12.0 Å². The van der Waals surface area contributed by atoms with Gasteiger partial charge in [-0.25, -0.2) is 4.98 Å². The van der Waals surface area contributed by atoms with E-state index in [1.807, 2.05) is 18.3 Å². The van der Waals surface area contributed by atoms with Crippen LogP contribution in [-0.2, 0) is 6.54 Å². The Labute approximate surface area is 95.4 Å². The molecule has 0 amide bonds. The Morgan fingerprint density at radius 3 is 3.07 bits per heavy atom. The van der Waals surface area contributed by atoms with Crippen LogP contribution in [0.25, 0.3) is 0 Å². The standard InChI is InChI=1S/C11H16ClN3/c1-15(10-4-5-13-7-10)8-9-2-3-11(12)14-6-9/h2-3,6,10,13H,4-5,7-8H2,1H3. The molecule has 82 valence electrons. The van der Waals surface area contributed by atoms with Crippen LogP contribution in [0, 0.1) is 0 Å². The molecule has 1 aromatic rings. The van der Waals surface area contributed by atoms with Crippen LogP contribution in [0.15, 0.2) is 18.3 Å². The van der Waals surface area contributed by atoms with Crippen LogP contribution < -0.4 is 5.32 Å². The molecule has 1 aromatic heterocycles. The molecular formula is C11H16ClN3. The van der Waals surface area contributed by atoms with Gasteiger partial charge >= 0.3 is 0 Å². The van der Waals surface area contributed by atoms with Crippen LogP contribution in [-0.4, -0.2) is 36.1 Å². The van der Waals surface area contributed by atoms with Crippen LogP contribution in [0.4, 0.5) is 0 Å². The van der Waals surface area contributed by atoms with Crippen molar-refractivity contribution in [3.8, 4) is 0 Å². The van der Waals surface area contributed by atoms with E-state index in [2.05, 4.69) is 22.2 Å². The smallest absolute Gasteiger partial charge is 0.129 e. The van der Waals surface area contributed by atoms with Gasteiger partial charge in [-0.2, -0.15) is 0 Å². The van der Waals surface area contributed by atoms with Crippen molar-refractivity contribution in [2.24, 2.45) is 0 Å². The average Bonchev–Trinajstić information content (AvgIpc) is 2.74. The molecule has 1 saturated heterocycles. The topological polar surface area (TPSA) is 28.2 Å². The average molecular weight is 226 g/mol. The highest BCUT2D eigenvalue weighted by Gasteiger charge is 2.18. The molecule has 0 saturated carbocycles. The first-order valence-electron chi connectivity index (χ1n) is 5.27. The lowest BCUT2D eigenvalue weighted by molar-refractivity contribution is 0.248. The zero-order valence-corrected chi connectivity index (χ0v) is 9.67. The summed E-state index contributed by atoms with van der Waals surface area (Å²) < 4.78 is 0. The molecule has 0 aliphatic carbocycles. The highest BCUT2D eigenvalue weighted by Crippen LogP contribution is 2.12. The molecule has 1 aliphatic rings. The predicted molar refractivity (Wildman–Crippen MR) is 62.0 cm³/mol. The van der Waals surface area contributed by atoms with Crippen molar-refractivity contribution in [2.45, 2.75) is 19.0 Å². The summed E-state index contributed by atoms with van der Waals surface area (Å²) in [5.74, 6) is 0. The highest BCUT2D eigenvalue weighted by atomic mass is 35.5. The molecule has 1 atom stereocenters. The Bertz CT molecular complexity index is 306. The highest BCUT2D eigenvalue weighted by molar-refractivity contribution is 6.29. The van der Waals surface area contributed by atoms with Gasteiger partial charge in [0.25, 0.3) is 0 Å². The second kappa shape index (κ2) is 4.92. The number of likely N-dealkylation sites (N-methyl/N-ethyl adjacent to an activating group) is 1. The van der Waals surface area contributed by atoms with E-state index in [0.717, 1.165) is 19.6 Å². The third-order valence-electron chi connectivity index (χ3n) is 2.88. The SMILES string of the molecule is CN(Cc1ccc(Cl)nc1)C1CCNC1. The van der Waals surface area contributed by atoms with Gasteiger partial charge in [0.1, 0.15) is 5.15 Å². The minimum atomic E-state index is 0.559. The van der Waals surface area contributed by atoms with Crippen molar-refractivity contribution in [1.82, 2.24) is 15.2 Å². The van der Waals surface area contributed by atoms with Gasteiger partial charge in [-0.05, 0) is 31.6 Å². The third-order valence-corrected chi connectivity index (χ3v) is 3.10. The van der Waals surface area contributed by atoms with Gasteiger partial charge in [0.15, 0.2) is 0 Å². The fraction of sp³-hybridized carbons (Fsp3) is 0.545. The normalized spacial score (nSPS) is 21.1. The molecule has 0 radical (unpaired) electrons. The molecule has 2 rings (SSSR count). The minimum absolute atomic E-state index is 0.559. The van der Waals surface area contributed by atoms with Crippen LogP contribution in [0.3, 0.4) is 0 Å². The maximum atomic E-state index is 5.74. The molecule has 2 heterocycles. The largest absolute Gasteiger partial charge is 0.315 e. The van der Waals surface area contributed by atoms with Crippen molar-refractivity contribution < 1.29 is 0 Å². The molecule has 1 unspecified atom stereocenters. The molecule has 1 fully saturated rings. The van der Waals surface area contributed by atoms with Gasteiger partial charge in [-0.15, -0.1) is 0 Å². The first kappa shape index (κ1) is 10.9. The zero-order chi connectivity index (χ0) is 10.7. The number of pyridine rings is 1. The lowest BCUT2D eigenvalue weighted by atomic mass is 10.2. The Kier molecular flexibility index (Phi) is 3.57. The van der Waals surface area contributed by atoms with E-state index < -0.39 is 0 Å². The molecular weight excluding hydrogens is 210 g/mol. The molecule has 0 bridgehead atoms. The van der Waals surface area contributed by atoms with E-state index in [4.69, 9.17) is 11.6 Å². The number of hydrogen-bond acceptors (Lipinski definition) is 3. The second-order valence-corrected chi connectivity index (χ2v) is 4.44. The van der Waals surface area contributed by atoms with E-state index in [1.54, 1.807) is 0 Å². The second-order valence-electron chi connectivity index (χ2n) is 4.05. The summed E-state index contributed by atoms with van der Waals surface area (Å²) in [6.45, 7) is 3.17. The van der Waals surface area contributed by atoms with Gasteiger partial charge in [0, 0.05) is 25.3 Å². The Hall–Kier alpha value is -0.640. The van der Waals surface area contributed by atoms with E-state index >= 15 is 0 Å². The van der Waals surface area contributed by atoms with Crippen LogP contribution >= 0.6 is 11.6 Å². The molecule has 0 aromatic carbocycles. The molecule has 1 aliphatic heterocycles. The summed E-state index contributed by atoms with van der Waals surface area (Å²) >= 11 is 5.74. The molecule has 1 N–H and O–H groups in total. The van der Waals surface area contributed by atoms with Crippen LogP contribution in [0.2, 0.25) is 5.15 Å². The van der Waals surface area contributed by atoms with Gasteiger partial charge in [0.2, 0.25) is 0 Å². The number of nitrogens with zero attached hydrogens (tertiary/aromatic N) is 2. The zero-order valence-electron chi connectivity index (χ0n) is 8.91. The van der Waals surface area contributed by atoms with Crippen molar-refractivity contribution in [3.63, 3.8) is 0 Å². The maximum Gasteiger partial charge on any atom is 0.129 e. The Morgan fingerprint density at radius 2 is 2.47 bits per heavy atom. The first-order chi connectivity index (χ1) is 7.25. The summed E-state index contributed by atoms with van der Waals surface area (Å²) in [6.07, 6.45) is 3.08. The monoisotopic (exact) mass is 225 g/mol. The fourth-order valence-corrected chi connectivity index (χ4v) is 2.04. The lowest BCUT2D eigenvalue weighted by Crippen LogP contribution is -2.32. The number of nitrogens with one attached hydrogen (secondary N) is 1. The molecule has 15 heavy (non-hydrogen) atoms. The van der Waals surface area contributed by atoms with Crippen molar-refractivity contribution >= 4 is 11.6 Å². The van der Waals surface area contributed by atoms with E-state index in [0.29, 0.717) is 11.2 Å². The van der Waals surface area contributed by atoms with Crippen molar-refractivity contribution in [2.75, 3.05) is 20.1 Å². The van der Waals surface area contributed by atoms with Crippen LogP contribution in [0.1, 0.15) is 12.0 Å². The number of hydrogen-bond donors (Lipinski definition) is 1.